The highest BCUT2D eigenvalue weighted by Gasteiger charge is 2.21. The van der Waals surface area contributed by atoms with E-state index < -0.39 is 0 Å². The summed E-state index contributed by atoms with van der Waals surface area (Å²) in [5.74, 6) is 0.622. The van der Waals surface area contributed by atoms with Gasteiger partial charge >= 0.3 is 0 Å². The first-order chi connectivity index (χ1) is 16.7. The predicted molar refractivity (Wildman–Crippen MR) is 140 cm³/mol. The van der Waals surface area contributed by atoms with Crippen molar-refractivity contribution >= 4 is 32.9 Å². The molecule has 0 atom stereocenters. The maximum Gasteiger partial charge on any atom is 0.283 e. The van der Waals surface area contributed by atoms with Crippen LogP contribution < -0.4 is 10.4 Å². The van der Waals surface area contributed by atoms with E-state index >= 15 is 0 Å². The van der Waals surface area contributed by atoms with Gasteiger partial charge in [-0.15, -0.1) is 27.8 Å². The summed E-state index contributed by atoms with van der Waals surface area (Å²) in [5.41, 5.74) is 4.54. The van der Waals surface area contributed by atoms with Crippen LogP contribution >= 0.6 is 22.7 Å². The summed E-state index contributed by atoms with van der Waals surface area (Å²) in [6.45, 7) is 2.54. The van der Waals surface area contributed by atoms with E-state index in [1.807, 2.05) is 43.3 Å². The Morgan fingerprint density at radius 1 is 1.00 bits per heavy atom. The van der Waals surface area contributed by atoms with Crippen LogP contribution in [0.1, 0.15) is 34.7 Å². The van der Waals surface area contributed by atoms with E-state index in [4.69, 9.17) is 10.1 Å². The Balaban J connectivity index is 1.56. The van der Waals surface area contributed by atoms with Crippen LogP contribution in [0.25, 0.3) is 21.5 Å². The zero-order chi connectivity index (χ0) is 23.1. The van der Waals surface area contributed by atoms with Crippen molar-refractivity contribution in [2.45, 2.75) is 39.2 Å². The smallest absolute Gasteiger partial charge is 0.283 e. The molecule has 1 aliphatic rings. The van der Waals surface area contributed by atoms with Gasteiger partial charge in [0.1, 0.15) is 10.7 Å². The second-order valence-electron chi connectivity index (χ2n) is 8.61. The molecule has 34 heavy (non-hydrogen) atoms. The van der Waals surface area contributed by atoms with Gasteiger partial charge in [-0.2, -0.15) is 4.68 Å². The summed E-state index contributed by atoms with van der Waals surface area (Å²) in [7, 11) is 0. The summed E-state index contributed by atoms with van der Waals surface area (Å²) >= 11 is 3.23. The highest BCUT2D eigenvalue weighted by Crippen LogP contribution is 2.33. The van der Waals surface area contributed by atoms with Gasteiger partial charge in [-0.05, 0) is 49.3 Å². The lowest BCUT2D eigenvalue weighted by molar-refractivity contribution is 0.686. The SMILES string of the molecule is Cc1nc2sc3c(c2c(=O)n1/N=c1\scc(-c2ccccc2)n1Cc1ccccc1)CCCC3. The topological polar surface area (TPSA) is 52.2 Å². The molecule has 5 nitrogen and oxygen atoms in total. The van der Waals surface area contributed by atoms with Crippen molar-refractivity contribution in [3.8, 4) is 11.3 Å². The lowest BCUT2D eigenvalue weighted by Gasteiger charge is -2.11. The zero-order valence-electron chi connectivity index (χ0n) is 18.9. The van der Waals surface area contributed by atoms with Crippen molar-refractivity contribution in [3.63, 3.8) is 0 Å². The third kappa shape index (κ3) is 3.75. The molecule has 3 aromatic heterocycles. The molecule has 0 bridgehead atoms. The van der Waals surface area contributed by atoms with E-state index in [1.165, 1.54) is 27.1 Å². The predicted octanol–water partition coefficient (Wildman–Crippen LogP) is 5.59. The standard InChI is InChI=1S/C27H24N4OS2/c1-18-28-25-24(21-14-8-9-15-23(21)34-25)26(32)31(18)29-27-30(16-19-10-4-2-5-11-19)22(17-33-27)20-12-6-3-7-13-20/h2-7,10-13,17H,8-9,14-16H2,1H3/b29-27-. The summed E-state index contributed by atoms with van der Waals surface area (Å²) in [4.78, 5) is 21.4. The van der Waals surface area contributed by atoms with Crippen molar-refractivity contribution in [2.75, 3.05) is 0 Å². The lowest BCUT2D eigenvalue weighted by atomic mass is 9.97. The van der Waals surface area contributed by atoms with Gasteiger partial charge in [0, 0.05) is 10.3 Å². The summed E-state index contributed by atoms with van der Waals surface area (Å²) in [5, 5.41) is 7.78. The number of fused-ring (bicyclic) bond motifs is 3. The molecular formula is C27H24N4OS2. The average molecular weight is 485 g/mol. The van der Waals surface area contributed by atoms with Crippen molar-refractivity contribution in [3.05, 3.63) is 103 Å². The maximum absolute atomic E-state index is 13.7. The minimum Gasteiger partial charge on any atom is -0.311 e. The highest BCUT2D eigenvalue weighted by molar-refractivity contribution is 7.18. The van der Waals surface area contributed by atoms with Crippen molar-refractivity contribution in [1.29, 1.82) is 0 Å². The largest absolute Gasteiger partial charge is 0.311 e. The normalized spacial score (nSPS) is 14.0. The first kappa shape index (κ1) is 21.3. The fourth-order valence-corrected chi connectivity index (χ4v) is 6.87. The molecular weight excluding hydrogens is 460 g/mol. The zero-order valence-corrected chi connectivity index (χ0v) is 20.5. The highest BCUT2D eigenvalue weighted by atomic mass is 32.1. The molecule has 0 spiro atoms. The number of benzene rings is 2. The molecule has 0 aliphatic heterocycles. The van der Waals surface area contributed by atoms with E-state index in [9.17, 15) is 4.79 Å². The van der Waals surface area contributed by atoms with Crippen LogP contribution in [-0.4, -0.2) is 14.2 Å². The van der Waals surface area contributed by atoms with Crippen LogP contribution in [0.3, 0.4) is 0 Å². The van der Waals surface area contributed by atoms with Gasteiger partial charge in [0.25, 0.3) is 5.56 Å². The number of thiophene rings is 1. The van der Waals surface area contributed by atoms with Gasteiger partial charge in [0.15, 0.2) is 0 Å². The molecule has 0 amide bonds. The summed E-state index contributed by atoms with van der Waals surface area (Å²) < 4.78 is 3.69. The number of thiazole rings is 1. The number of aryl methyl sites for hydroxylation is 3. The number of nitrogens with zero attached hydrogens (tertiary/aromatic N) is 4. The molecule has 2 aromatic carbocycles. The molecule has 6 rings (SSSR count). The molecule has 0 radical (unpaired) electrons. The molecule has 0 N–H and O–H groups in total. The van der Waals surface area contributed by atoms with Gasteiger partial charge in [0.2, 0.25) is 4.80 Å². The molecule has 0 fully saturated rings. The van der Waals surface area contributed by atoms with Crippen LogP contribution in [0.2, 0.25) is 0 Å². The van der Waals surface area contributed by atoms with Gasteiger partial charge in [0.05, 0.1) is 17.6 Å². The summed E-state index contributed by atoms with van der Waals surface area (Å²) in [6, 6.07) is 20.7. The Kier molecular flexibility index (Phi) is 5.51. The van der Waals surface area contributed by atoms with Crippen LogP contribution in [-0.2, 0) is 19.4 Å². The maximum atomic E-state index is 13.7. The van der Waals surface area contributed by atoms with Crippen molar-refractivity contribution in [2.24, 2.45) is 5.10 Å². The Morgan fingerprint density at radius 3 is 2.53 bits per heavy atom. The Bertz CT molecular complexity index is 1610. The second-order valence-corrected chi connectivity index (χ2v) is 10.5. The summed E-state index contributed by atoms with van der Waals surface area (Å²) in [6.07, 6.45) is 4.33. The van der Waals surface area contributed by atoms with Crippen LogP contribution in [0.15, 0.2) is 75.9 Å². The quantitative estimate of drug-likeness (QED) is 0.334. The van der Waals surface area contributed by atoms with E-state index in [0.717, 1.165) is 45.5 Å². The first-order valence-corrected chi connectivity index (χ1v) is 13.3. The fraction of sp³-hybridized carbons (Fsp3) is 0.222. The first-order valence-electron chi connectivity index (χ1n) is 11.6. The molecule has 5 aromatic rings. The molecule has 0 unspecified atom stereocenters. The molecule has 0 saturated heterocycles. The minimum absolute atomic E-state index is 0.0529. The Labute approximate surface area is 205 Å². The average Bonchev–Trinajstić information content (AvgIpc) is 3.43. The number of aromatic nitrogens is 3. The Morgan fingerprint density at radius 2 is 1.74 bits per heavy atom. The van der Waals surface area contributed by atoms with Gasteiger partial charge in [-0.1, -0.05) is 60.7 Å². The minimum atomic E-state index is -0.0529. The molecule has 170 valence electrons. The van der Waals surface area contributed by atoms with Crippen LogP contribution in [0, 0.1) is 6.92 Å². The molecule has 3 heterocycles. The second kappa shape index (κ2) is 8.81. The molecule has 1 aliphatic carbocycles. The van der Waals surface area contributed by atoms with E-state index in [0.29, 0.717) is 12.4 Å². The van der Waals surface area contributed by atoms with E-state index in [2.05, 4.69) is 34.2 Å². The monoisotopic (exact) mass is 484 g/mol. The Hall–Kier alpha value is -3.29. The van der Waals surface area contributed by atoms with Gasteiger partial charge in [-0.25, -0.2) is 4.98 Å². The lowest BCUT2D eigenvalue weighted by Crippen LogP contribution is -2.26. The van der Waals surface area contributed by atoms with Crippen LogP contribution in [0.5, 0.6) is 0 Å². The van der Waals surface area contributed by atoms with Gasteiger partial charge < -0.3 is 4.57 Å². The fourth-order valence-electron chi connectivity index (χ4n) is 4.67. The van der Waals surface area contributed by atoms with Crippen molar-refractivity contribution in [1.82, 2.24) is 14.2 Å². The van der Waals surface area contributed by atoms with E-state index in [-0.39, 0.29) is 5.56 Å². The molecule has 0 saturated carbocycles. The number of hydrogen-bond donors (Lipinski definition) is 0. The molecule has 7 heteroatoms. The third-order valence-corrected chi connectivity index (χ3v) is 8.40. The van der Waals surface area contributed by atoms with E-state index in [1.54, 1.807) is 22.7 Å². The number of hydrogen-bond acceptors (Lipinski definition) is 5. The number of rotatable bonds is 4. The van der Waals surface area contributed by atoms with Crippen LogP contribution in [0.4, 0.5) is 0 Å². The third-order valence-electron chi connectivity index (χ3n) is 6.37. The van der Waals surface area contributed by atoms with Gasteiger partial charge in [-0.3, -0.25) is 4.79 Å². The van der Waals surface area contributed by atoms with Crippen molar-refractivity contribution < 1.29 is 0 Å².